The van der Waals surface area contributed by atoms with Crippen LogP contribution in [0.3, 0.4) is 0 Å². The SMILES string of the molecule is CCC(C)Nc1c(F)c(F)c(-c2c3nc(c(-c4c(F)c(F)c(F)c(F)c4F)c4ccc([nH]4)c(-c4c(F)c(F)c(F)c(F)c4F)c4ccc([nH]4)c4ccc2[nH]4)C=C3)c(F)c1F. The van der Waals surface area contributed by atoms with Crippen LogP contribution < -0.4 is 5.32 Å². The number of hydrogen-bond donors (Lipinski definition) is 4. The third kappa shape index (κ3) is 5.96. The molecule has 1 aliphatic heterocycles. The summed E-state index contributed by atoms with van der Waals surface area (Å²) in [5.41, 5.74) is -11.5. The summed E-state index contributed by atoms with van der Waals surface area (Å²) < 4.78 is 214. The number of hydrogen-bond acceptors (Lipinski definition) is 2. The van der Waals surface area contributed by atoms with Gasteiger partial charge in [-0.3, -0.25) is 0 Å². The molecule has 1 atom stereocenters. The van der Waals surface area contributed by atoms with E-state index in [-0.39, 0.29) is 23.0 Å². The first-order valence-corrected chi connectivity index (χ1v) is 17.5. The second-order valence-corrected chi connectivity index (χ2v) is 13.5. The summed E-state index contributed by atoms with van der Waals surface area (Å²) in [6.45, 7) is 3.11. The summed E-state index contributed by atoms with van der Waals surface area (Å²) in [6.07, 6.45) is 2.09. The van der Waals surface area contributed by atoms with Crippen molar-refractivity contribution in [3.05, 3.63) is 129 Å². The van der Waals surface area contributed by atoms with Crippen LogP contribution in [0.4, 0.5) is 67.2 Å². The zero-order valence-electron chi connectivity index (χ0n) is 30.1. The van der Waals surface area contributed by atoms with E-state index in [0.29, 0.717) is 0 Å². The molecular weight excluding hydrogens is 828 g/mol. The van der Waals surface area contributed by atoms with E-state index in [2.05, 4.69) is 25.3 Å². The Hall–Kier alpha value is -6.79. The van der Waals surface area contributed by atoms with E-state index in [9.17, 15) is 26.3 Å². The minimum Gasteiger partial charge on any atom is -0.378 e. The lowest BCUT2D eigenvalue weighted by molar-refractivity contribution is 0.381. The highest BCUT2D eigenvalue weighted by molar-refractivity contribution is 6.00. The lowest BCUT2D eigenvalue weighted by Gasteiger charge is -2.17. The molecule has 60 heavy (non-hydrogen) atoms. The van der Waals surface area contributed by atoms with Crippen molar-refractivity contribution in [3.63, 3.8) is 0 Å². The largest absolute Gasteiger partial charge is 0.378 e. The number of aromatic nitrogens is 4. The Morgan fingerprint density at radius 1 is 0.400 bits per heavy atom. The normalized spacial score (nSPS) is 12.6. The van der Waals surface area contributed by atoms with E-state index in [1.165, 1.54) is 19.1 Å². The fourth-order valence-electron chi connectivity index (χ4n) is 6.91. The van der Waals surface area contributed by atoms with Crippen molar-refractivity contribution >= 4 is 50.9 Å². The van der Waals surface area contributed by atoms with Crippen molar-refractivity contribution in [3.8, 4) is 33.4 Å². The first kappa shape index (κ1) is 40.0. The van der Waals surface area contributed by atoms with Gasteiger partial charge in [-0.25, -0.2) is 66.4 Å². The fourth-order valence-corrected chi connectivity index (χ4v) is 6.91. The molecule has 4 N–H and O–H groups in total. The second kappa shape index (κ2) is 14.5. The van der Waals surface area contributed by atoms with Gasteiger partial charge < -0.3 is 20.3 Å². The molecule has 0 amide bonds. The van der Waals surface area contributed by atoms with Gasteiger partial charge in [-0.15, -0.1) is 0 Å². The molecule has 3 aromatic carbocycles. The monoisotopic (exact) mass is 849 g/mol. The Bertz CT molecular complexity index is 3060. The summed E-state index contributed by atoms with van der Waals surface area (Å²) in [6, 6.07) is 5.86. The molecule has 0 radical (unpaired) electrons. The molecule has 8 bridgehead atoms. The van der Waals surface area contributed by atoms with Gasteiger partial charge in [0.15, 0.2) is 69.8 Å². The maximum Gasteiger partial charge on any atom is 0.200 e. The van der Waals surface area contributed by atoms with E-state index in [4.69, 9.17) is 0 Å². The zero-order chi connectivity index (χ0) is 43.2. The van der Waals surface area contributed by atoms with Crippen molar-refractivity contribution in [1.29, 1.82) is 0 Å². The van der Waals surface area contributed by atoms with Gasteiger partial charge in [0, 0.05) is 44.8 Å². The van der Waals surface area contributed by atoms with Gasteiger partial charge in [0.25, 0.3) is 0 Å². The van der Waals surface area contributed by atoms with Gasteiger partial charge in [-0.05, 0) is 61.9 Å². The summed E-state index contributed by atoms with van der Waals surface area (Å²) in [4.78, 5) is 12.1. The van der Waals surface area contributed by atoms with Crippen molar-refractivity contribution in [2.45, 2.75) is 26.3 Å². The van der Waals surface area contributed by atoms with E-state index >= 15 is 35.1 Å². The molecular formula is C41H21F14N5. The first-order valence-electron chi connectivity index (χ1n) is 17.5. The van der Waals surface area contributed by atoms with Crippen LogP contribution in [0.2, 0.25) is 0 Å². The minimum absolute atomic E-state index is 0.00943. The Balaban J connectivity index is 1.61. The number of aromatic amines is 3. The van der Waals surface area contributed by atoms with Gasteiger partial charge in [0.05, 0.1) is 39.1 Å². The molecule has 5 heterocycles. The van der Waals surface area contributed by atoms with Crippen LogP contribution in [0.25, 0.3) is 78.6 Å². The lowest BCUT2D eigenvalue weighted by atomic mass is 10.0. The van der Waals surface area contributed by atoms with E-state index in [1.54, 1.807) is 6.92 Å². The average Bonchev–Trinajstić information content (AvgIpc) is 4.08. The Morgan fingerprint density at radius 3 is 1.05 bits per heavy atom. The summed E-state index contributed by atoms with van der Waals surface area (Å²) in [5.74, 6) is -31.8. The second-order valence-electron chi connectivity index (χ2n) is 13.5. The molecule has 0 saturated heterocycles. The minimum atomic E-state index is -2.57. The molecule has 8 rings (SSSR count). The van der Waals surface area contributed by atoms with Gasteiger partial charge in [-0.1, -0.05) is 6.92 Å². The number of benzene rings is 3. The highest BCUT2D eigenvalue weighted by Gasteiger charge is 2.33. The predicted molar refractivity (Wildman–Crippen MR) is 194 cm³/mol. The van der Waals surface area contributed by atoms with Crippen molar-refractivity contribution in [1.82, 2.24) is 19.9 Å². The van der Waals surface area contributed by atoms with Crippen LogP contribution in [0, 0.1) is 81.4 Å². The van der Waals surface area contributed by atoms with Crippen LogP contribution in [0.5, 0.6) is 0 Å². The summed E-state index contributed by atoms with van der Waals surface area (Å²) >= 11 is 0. The molecule has 4 aromatic heterocycles. The maximum atomic E-state index is 16.2. The average molecular weight is 850 g/mol. The molecule has 1 unspecified atom stereocenters. The van der Waals surface area contributed by atoms with Crippen LogP contribution in [0.15, 0.2) is 36.4 Å². The van der Waals surface area contributed by atoms with E-state index < -0.39 is 154 Å². The van der Waals surface area contributed by atoms with Crippen LogP contribution in [-0.2, 0) is 0 Å². The molecule has 19 heteroatoms. The maximum absolute atomic E-state index is 16.2. The van der Waals surface area contributed by atoms with Crippen LogP contribution >= 0.6 is 0 Å². The predicted octanol–water partition coefficient (Wildman–Crippen LogP) is 12.9. The zero-order valence-corrected chi connectivity index (χ0v) is 30.1. The molecule has 308 valence electrons. The van der Waals surface area contributed by atoms with Crippen LogP contribution in [-0.4, -0.2) is 26.0 Å². The van der Waals surface area contributed by atoms with Gasteiger partial charge in [0.2, 0.25) is 11.6 Å². The highest BCUT2D eigenvalue weighted by atomic mass is 19.2. The number of halogens is 14. The number of anilines is 1. The molecule has 7 aromatic rings. The lowest BCUT2D eigenvalue weighted by Crippen LogP contribution is -2.18. The van der Waals surface area contributed by atoms with Crippen molar-refractivity contribution < 1.29 is 61.5 Å². The van der Waals surface area contributed by atoms with Crippen molar-refractivity contribution in [2.75, 3.05) is 5.32 Å². The number of nitrogens with one attached hydrogen (secondary N) is 4. The number of nitrogens with zero attached hydrogens (tertiary/aromatic N) is 1. The van der Waals surface area contributed by atoms with E-state index in [1.807, 2.05) is 0 Å². The quantitative estimate of drug-likeness (QED) is 0.0765. The van der Waals surface area contributed by atoms with E-state index in [0.717, 1.165) is 36.4 Å². The first-order chi connectivity index (χ1) is 28.5. The van der Waals surface area contributed by atoms with Crippen LogP contribution in [0.1, 0.15) is 31.7 Å². The van der Waals surface area contributed by atoms with Crippen molar-refractivity contribution in [2.24, 2.45) is 0 Å². The molecule has 0 saturated carbocycles. The number of H-pyrrole nitrogens is 3. The third-order valence-electron chi connectivity index (χ3n) is 10.0. The molecule has 0 fully saturated rings. The molecule has 1 aliphatic rings. The molecule has 5 nitrogen and oxygen atoms in total. The Kier molecular flexibility index (Phi) is 9.66. The van der Waals surface area contributed by atoms with Gasteiger partial charge >= 0.3 is 0 Å². The Morgan fingerprint density at radius 2 is 0.683 bits per heavy atom. The third-order valence-corrected chi connectivity index (χ3v) is 10.0. The van der Waals surface area contributed by atoms with Gasteiger partial charge in [-0.2, -0.15) is 0 Å². The van der Waals surface area contributed by atoms with Gasteiger partial charge in [0.1, 0.15) is 5.69 Å². The summed E-state index contributed by atoms with van der Waals surface area (Å²) in [5, 5.41) is 2.35. The standard InChI is InChI=1S/C41H21F14N5/c1-3-12(2)56-41-39(54)31(46)26(32(47)40(41)55)22-16-7-5-14(58-16)13-4-6-15(57-13)21(24-27(42)33(48)37(52)34(49)28(24)43)17-8-10-19(59-17)23(20-11-9-18(22)60-20)25-29(44)35(50)38(53)36(51)30(25)45/h4-12,56-59H,3H2,1-2H3. The number of rotatable bonds is 6. The molecule has 0 spiro atoms. The topological polar surface area (TPSA) is 72.3 Å². The Labute approximate surface area is 326 Å². The number of fused-ring (bicyclic) bond motifs is 9. The fraction of sp³-hybridized carbons (Fsp3) is 0.0976. The highest BCUT2D eigenvalue weighted by Crippen LogP contribution is 2.43. The summed E-state index contributed by atoms with van der Waals surface area (Å²) in [7, 11) is 0. The molecule has 0 aliphatic carbocycles. The smallest absolute Gasteiger partial charge is 0.200 e.